The van der Waals surface area contributed by atoms with Gasteiger partial charge in [-0.25, -0.2) is 4.98 Å². The summed E-state index contributed by atoms with van der Waals surface area (Å²) in [6.07, 6.45) is 4.06. The molecule has 8 nitrogen and oxygen atoms in total. The zero-order valence-electron chi connectivity index (χ0n) is 20.3. The number of benzene rings is 2. The second kappa shape index (κ2) is 10.6. The first-order chi connectivity index (χ1) is 16.5. The number of hydrogen-bond donors (Lipinski definition) is 2. The van der Waals surface area contributed by atoms with Gasteiger partial charge in [0.2, 0.25) is 5.95 Å². The highest BCUT2D eigenvalue weighted by atomic mass is 16.5. The number of aromatic nitrogens is 2. The molecule has 8 heteroatoms. The number of hydrogen-bond acceptors (Lipinski definition) is 7. The van der Waals surface area contributed by atoms with Gasteiger partial charge in [0.1, 0.15) is 22.9 Å². The van der Waals surface area contributed by atoms with Crippen molar-refractivity contribution >= 4 is 28.6 Å². The summed E-state index contributed by atoms with van der Waals surface area (Å²) in [7, 11) is 7.11. The van der Waals surface area contributed by atoms with Crippen molar-refractivity contribution in [3.63, 3.8) is 0 Å². The summed E-state index contributed by atoms with van der Waals surface area (Å²) in [6.45, 7) is 0.629. The van der Waals surface area contributed by atoms with Crippen molar-refractivity contribution in [2.24, 2.45) is 5.92 Å². The molecule has 1 fully saturated rings. The van der Waals surface area contributed by atoms with Crippen LogP contribution < -0.4 is 25.0 Å². The summed E-state index contributed by atoms with van der Waals surface area (Å²) in [4.78, 5) is 24.4. The summed E-state index contributed by atoms with van der Waals surface area (Å²) in [6, 6.07) is 13.7. The third-order valence-electron chi connectivity index (χ3n) is 6.39. The van der Waals surface area contributed by atoms with Gasteiger partial charge in [0.25, 0.3) is 5.91 Å². The van der Waals surface area contributed by atoms with Crippen LogP contribution in [0.3, 0.4) is 0 Å². The number of fused-ring (bicyclic) bond motifs is 1. The number of para-hydroxylation sites is 1. The van der Waals surface area contributed by atoms with Crippen LogP contribution in [-0.4, -0.2) is 56.8 Å². The van der Waals surface area contributed by atoms with Crippen molar-refractivity contribution in [2.75, 3.05) is 45.1 Å². The summed E-state index contributed by atoms with van der Waals surface area (Å²) < 4.78 is 10.7. The van der Waals surface area contributed by atoms with Gasteiger partial charge in [0.05, 0.1) is 19.7 Å². The summed E-state index contributed by atoms with van der Waals surface area (Å²) in [5, 5.41) is 7.66. The molecule has 34 heavy (non-hydrogen) atoms. The van der Waals surface area contributed by atoms with Crippen LogP contribution in [0.25, 0.3) is 10.9 Å². The van der Waals surface area contributed by atoms with Gasteiger partial charge in [-0.15, -0.1) is 0 Å². The Morgan fingerprint density at radius 2 is 1.65 bits per heavy atom. The van der Waals surface area contributed by atoms with Crippen LogP contribution in [-0.2, 0) is 0 Å². The molecule has 1 aliphatic rings. The normalized spacial score (nSPS) is 17.8. The summed E-state index contributed by atoms with van der Waals surface area (Å²) >= 11 is 0. The van der Waals surface area contributed by atoms with E-state index in [1.54, 1.807) is 26.4 Å². The Labute approximate surface area is 200 Å². The first-order valence-corrected chi connectivity index (χ1v) is 11.7. The van der Waals surface area contributed by atoms with Gasteiger partial charge in [-0.1, -0.05) is 18.2 Å². The quantitative estimate of drug-likeness (QED) is 0.520. The molecule has 1 aliphatic carbocycles. The van der Waals surface area contributed by atoms with Crippen LogP contribution in [0.2, 0.25) is 0 Å². The van der Waals surface area contributed by atoms with Gasteiger partial charge in [0, 0.05) is 32.1 Å². The van der Waals surface area contributed by atoms with Crippen molar-refractivity contribution in [1.82, 2.24) is 15.3 Å². The smallest absolute Gasteiger partial charge is 0.258 e. The lowest BCUT2D eigenvalue weighted by molar-refractivity contribution is 0.0937. The minimum Gasteiger partial charge on any atom is -0.496 e. The van der Waals surface area contributed by atoms with Crippen molar-refractivity contribution in [2.45, 2.75) is 31.7 Å². The van der Waals surface area contributed by atoms with Crippen LogP contribution in [0.1, 0.15) is 36.0 Å². The first-order valence-electron chi connectivity index (χ1n) is 11.7. The van der Waals surface area contributed by atoms with Crippen LogP contribution in [0.4, 0.5) is 11.8 Å². The van der Waals surface area contributed by atoms with Gasteiger partial charge in [-0.2, -0.15) is 4.98 Å². The largest absolute Gasteiger partial charge is 0.496 e. The fraction of sp³-hybridized carbons (Fsp3) is 0.423. The van der Waals surface area contributed by atoms with Gasteiger partial charge in [0.15, 0.2) is 0 Å². The van der Waals surface area contributed by atoms with E-state index >= 15 is 0 Å². The molecule has 1 saturated carbocycles. The Balaban J connectivity index is 1.34. The molecule has 0 saturated heterocycles. The Bertz CT molecular complexity index is 1120. The highest BCUT2D eigenvalue weighted by Gasteiger charge is 2.24. The molecule has 1 aromatic heterocycles. The lowest BCUT2D eigenvalue weighted by Gasteiger charge is -2.29. The third-order valence-corrected chi connectivity index (χ3v) is 6.39. The summed E-state index contributed by atoms with van der Waals surface area (Å²) in [5.74, 6) is 2.86. The van der Waals surface area contributed by atoms with E-state index in [1.807, 2.05) is 43.3 Å². The zero-order valence-corrected chi connectivity index (χ0v) is 20.3. The van der Waals surface area contributed by atoms with Crippen molar-refractivity contribution in [3.05, 3.63) is 48.0 Å². The molecule has 4 rings (SSSR count). The molecule has 0 atom stereocenters. The maximum atomic E-state index is 12.8. The number of anilines is 2. The second-order valence-electron chi connectivity index (χ2n) is 8.89. The summed E-state index contributed by atoms with van der Waals surface area (Å²) in [5.41, 5.74) is 1.37. The molecule has 0 unspecified atom stereocenters. The molecule has 2 aromatic carbocycles. The molecular formula is C26H33N5O3. The molecule has 180 valence electrons. The second-order valence-corrected chi connectivity index (χ2v) is 8.89. The molecule has 0 radical (unpaired) electrons. The number of ether oxygens (including phenoxy) is 2. The SMILES string of the molecule is COc1cccc(OC)c1C(=O)NC[C@H]1CC[C@@H](Nc2nc(N(C)C)c3ccccc3n2)CC1. The third kappa shape index (κ3) is 5.16. The molecule has 0 bridgehead atoms. The van der Waals surface area contributed by atoms with Crippen molar-refractivity contribution in [3.8, 4) is 11.5 Å². The van der Waals surface area contributed by atoms with Gasteiger partial charge >= 0.3 is 0 Å². The van der Waals surface area contributed by atoms with Crippen molar-refractivity contribution < 1.29 is 14.3 Å². The van der Waals surface area contributed by atoms with E-state index < -0.39 is 0 Å². The minimum atomic E-state index is -0.171. The van der Waals surface area contributed by atoms with E-state index in [2.05, 4.69) is 16.7 Å². The number of rotatable bonds is 8. The number of carbonyl (C=O) groups is 1. The Morgan fingerprint density at radius 3 is 2.29 bits per heavy atom. The monoisotopic (exact) mass is 463 g/mol. The maximum absolute atomic E-state index is 12.8. The fourth-order valence-corrected chi connectivity index (χ4v) is 4.56. The molecule has 2 N–H and O–H groups in total. The van der Waals surface area contributed by atoms with Crippen LogP contribution >= 0.6 is 0 Å². The Hall–Kier alpha value is -3.55. The van der Waals surface area contributed by atoms with E-state index in [9.17, 15) is 4.79 Å². The van der Waals surface area contributed by atoms with Gasteiger partial charge in [-0.05, 0) is 55.9 Å². The predicted octanol–water partition coefficient (Wildman–Crippen LogP) is 4.11. The number of nitrogens with zero attached hydrogens (tertiary/aromatic N) is 3. The molecular weight excluding hydrogens is 430 g/mol. The van der Waals surface area contributed by atoms with E-state index in [-0.39, 0.29) is 5.91 Å². The van der Waals surface area contributed by atoms with E-state index in [0.717, 1.165) is 42.4 Å². The molecule has 1 amide bonds. The van der Waals surface area contributed by atoms with Crippen molar-refractivity contribution in [1.29, 1.82) is 0 Å². The van der Waals surface area contributed by atoms with E-state index in [1.165, 1.54) is 0 Å². The number of carbonyl (C=O) groups excluding carboxylic acids is 1. The predicted molar refractivity (Wildman–Crippen MR) is 135 cm³/mol. The standard InChI is InChI=1S/C26H33N5O3/c1-31(2)24-19-8-5-6-9-20(19)29-26(30-24)28-18-14-12-17(13-15-18)16-27-25(32)23-21(33-3)10-7-11-22(23)34-4/h5-11,17-18H,12-16H2,1-4H3,(H,27,32)(H,28,29,30)/t17-,18+. The Morgan fingerprint density at radius 1 is 0.971 bits per heavy atom. The molecule has 3 aromatic rings. The number of amides is 1. The minimum absolute atomic E-state index is 0.171. The Kier molecular flexibility index (Phi) is 7.35. The average molecular weight is 464 g/mol. The highest BCUT2D eigenvalue weighted by molar-refractivity contribution is 5.99. The number of methoxy groups -OCH3 is 2. The first kappa shape index (κ1) is 23.6. The van der Waals surface area contributed by atoms with Crippen LogP contribution in [0, 0.1) is 5.92 Å². The molecule has 0 aliphatic heterocycles. The molecule has 0 spiro atoms. The number of nitrogens with one attached hydrogen (secondary N) is 2. The van der Waals surface area contributed by atoms with Gasteiger partial charge < -0.3 is 25.0 Å². The van der Waals surface area contributed by atoms with E-state index in [0.29, 0.717) is 41.5 Å². The van der Waals surface area contributed by atoms with Crippen LogP contribution in [0.15, 0.2) is 42.5 Å². The highest BCUT2D eigenvalue weighted by Crippen LogP contribution is 2.30. The van der Waals surface area contributed by atoms with E-state index in [4.69, 9.17) is 19.4 Å². The van der Waals surface area contributed by atoms with Gasteiger partial charge in [-0.3, -0.25) is 4.79 Å². The lowest BCUT2D eigenvalue weighted by Crippen LogP contribution is -2.34. The van der Waals surface area contributed by atoms with Crippen LogP contribution in [0.5, 0.6) is 11.5 Å². The average Bonchev–Trinajstić information content (AvgIpc) is 2.87. The maximum Gasteiger partial charge on any atom is 0.258 e. The molecule has 1 heterocycles. The zero-order chi connectivity index (χ0) is 24.1. The fourth-order valence-electron chi connectivity index (χ4n) is 4.56. The topological polar surface area (TPSA) is 88.6 Å². The lowest BCUT2D eigenvalue weighted by atomic mass is 9.86.